The van der Waals surface area contributed by atoms with Crippen LogP contribution in [0, 0.1) is 11.8 Å². The van der Waals surface area contributed by atoms with E-state index in [-0.39, 0.29) is 24.1 Å². The summed E-state index contributed by atoms with van der Waals surface area (Å²) in [6.45, 7) is 3.67. The Bertz CT molecular complexity index is 397. The van der Waals surface area contributed by atoms with Crippen molar-refractivity contribution in [2.45, 2.75) is 26.2 Å². The Balaban J connectivity index is 2.50. The smallest absolute Gasteiger partial charge is 0.305 e. The van der Waals surface area contributed by atoms with Crippen molar-refractivity contribution in [2.75, 3.05) is 32.5 Å². The molecule has 0 amide bonds. The van der Waals surface area contributed by atoms with Gasteiger partial charge in [-0.25, -0.2) is 12.7 Å². The molecule has 1 heterocycles. The van der Waals surface area contributed by atoms with Gasteiger partial charge in [-0.1, -0.05) is 6.92 Å². The summed E-state index contributed by atoms with van der Waals surface area (Å²) in [5.41, 5.74) is 5.67. The highest BCUT2D eigenvalue weighted by Crippen LogP contribution is 2.24. The van der Waals surface area contributed by atoms with Crippen molar-refractivity contribution in [3.05, 3.63) is 0 Å². The number of piperidine rings is 1. The molecule has 1 fully saturated rings. The molecule has 2 atom stereocenters. The van der Waals surface area contributed by atoms with Gasteiger partial charge < -0.3 is 10.5 Å². The highest BCUT2D eigenvalue weighted by molar-refractivity contribution is 7.89. The summed E-state index contributed by atoms with van der Waals surface area (Å²) in [6.07, 6.45) is 1.28. The lowest BCUT2D eigenvalue weighted by atomic mass is 9.88. The van der Waals surface area contributed by atoms with Gasteiger partial charge in [0.1, 0.15) is 0 Å². The Morgan fingerprint density at radius 2 is 2.16 bits per heavy atom. The highest BCUT2D eigenvalue weighted by Gasteiger charge is 2.31. The van der Waals surface area contributed by atoms with Gasteiger partial charge in [0.2, 0.25) is 10.0 Å². The van der Waals surface area contributed by atoms with Crippen molar-refractivity contribution >= 4 is 16.0 Å². The molecule has 0 aromatic heterocycles. The standard InChI is InChI=1S/C12H24N2O4S/c1-10-5-6-14(9-11(10)8-13)19(16,17)7-3-4-12(15)18-2/h10-11H,3-9,13H2,1-2H3. The van der Waals surface area contributed by atoms with Crippen LogP contribution in [0.25, 0.3) is 0 Å². The monoisotopic (exact) mass is 292 g/mol. The molecule has 0 aromatic rings. The Morgan fingerprint density at radius 3 is 2.74 bits per heavy atom. The molecule has 1 aliphatic heterocycles. The maximum atomic E-state index is 12.2. The van der Waals surface area contributed by atoms with E-state index in [9.17, 15) is 13.2 Å². The molecule has 19 heavy (non-hydrogen) atoms. The number of hydrogen-bond acceptors (Lipinski definition) is 5. The van der Waals surface area contributed by atoms with E-state index in [2.05, 4.69) is 11.7 Å². The highest BCUT2D eigenvalue weighted by atomic mass is 32.2. The van der Waals surface area contributed by atoms with Crippen LogP contribution >= 0.6 is 0 Å². The predicted octanol–water partition coefficient (Wildman–Crippen LogP) is 0.186. The second kappa shape index (κ2) is 7.21. The summed E-state index contributed by atoms with van der Waals surface area (Å²) in [6, 6.07) is 0. The largest absolute Gasteiger partial charge is 0.469 e. The Labute approximate surface area is 115 Å². The van der Waals surface area contributed by atoms with Crippen molar-refractivity contribution in [3.63, 3.8) is 0 Å². The van der Waals surface area contributed by atoms with Gasteiger partial charge in [-0.15, -0.1) is 0 Å². The van der Waals surface area contributed by atoms with Crippen LogP contribution in [0.4, 0.5) is 0 Å². The summed E-state index contributed by atoms with van der Waals surface area (Å²) in [5.74, 6) is 0.311. The minimum Gasteiger partial charge on any atom is -0.469 e. The van der Waals surface area contributed by atoms with Crippen LogP contribution in [0.1, 0.15) is 26.2 Å². The topological polar surface area (TPSA) is 89.7 Å². The second-order valence-electron chi connectivity index (χ2n) is 5.12. The fraction of sp³-hybridized carbons (Fsp3) is 0.917. The molecule has 0 aromatic carbocycles. The molecule has 0 bridgehead atoms. The van der Waals surface area contributed by atoms with Gasteiger partial charge in [0, 0.05) is 19.5 Å². The number of nitrogens with zero attached hydrogens (tertiary/aromatic N) is 1. The van der Waals surface area contributed by atoms with E-state index in [1.165, 1.54) is 11.4 Å². The van der Waals surface area contributed by atoms with Gasteiger partial charge in [0.25, 0.3) is 0 Å². The first-order chi connectivity index (χ1) is 8.90. The summed E-state index contributed by atoms with van der Waals surface area (Å²) in [4.78, 5) is 11.0. The summed E-state index contributed by atoms with van der Waals surface area (Å²) < 4.78 is 30.3. The van der Waals surface area contributed by atoms with Gasteiger partial charge in [0.15, 0.2) is 0 Å². The normalized spacial score (nSPS) is 25.2. The van der Waals surface area contributed by atoms with Gasteiger partial charge >= 0.3 is 5.97 Å². The molecule has 0 aliphatic carbocycles. The van der Waals surface area contributed by atoms with Crippen LogP contribution in [0.5, 0.6) is 0 Å². The fourth-order valence-corrected chi connectivity index (χ4v) is 3.88. The zero-order valence-electron chi connectivity index (χ0n) is 11.7. The molecule has 1 aliphatic rings. The van der Waals surface area contributed by atoms with Crippen molar-refractivity contribution in [1.29, 1.82) is 0 Å². The first kappa shape index (κ1) is 16.4. The van der Waals surface area contributed by atoms with E-state index in [4.69, 9.17) is 5.73 Å². The molecule has 1 rings (SSSR count). The molecule has 0 saturated carbocycles. The number of esters is 1. The number of ether oxygens (including phenoxy) is 1. The first-order valence-corrected chi connectivity index (χ1v) is 8.26. The minimum atomic E-state index is -3.28. The van der Waals surface area contributed by atoms with Crippen LogP contribution in [0.2, 0.25) is 0 Å². The lowest BCUT2D eigenvalue weighted by molar-refractivity contribution is -0.140. The van der Waals surface area contributed by atoms with Crippen LogP contribution in [-0.4, -0.2) is 51.2 Å². The zero-order valence-corrected chi connectivity index (χ0v) is 12.5. The van der Waals surface area contributed by atoms with E-state index in [1.54, 1.807) is 0 Å². The average Bonchev–Trinajstić information content (AvgIpc) is 2.38. The van der Waals surface area contributed by atoms with Crippen molar-refractivity contribution in [3.8, 4) is 0 Å². The summed E-state index contributed by atoms with van der Waals surface area (Å²) in [5, 5.41) is 0. The van der Waals surface area contributed by atoms with Gasteiger partial charge in [-0.2, -0.15) is 0 Å². The molecule has 1 saturated heterocycles. The van der Waals surface area contributed by atoms with Crippen LogP contribution in [0.15, 0.2) is 0 Å². The number of carbonyl (C=O) groups excluding carboxylic acids is 1. The molecule has 2 N–H and O–H groups in total. The zero-order chi connectivity index (χ0) is 14.5. The van der Waals surface area contributed by atoms with Gasteiger partial charge in [0.05, 0.1) is 12.9 Å². The minimum absolute atomic E-state index is 0.00618. The first-order valence-electron chi connectivity index (χ1n) is 6.65. The molecule has 112 valence electrons. The van der Waals surface area contributed by atoms with Crippen molar-refractivity contribution < 1.29 is 17.9 Å². The fourth-order valence-electron chi connectivity index (χ4n) is 2.31. The molecule has 2 unspecified atom stereocenters. The van der Waals surface area contributed by atoms with E-state index in [0.717, 1.165) is 6.42 Å². The van der Waals surface area contributed by atoms with E-state index in [0.29, 0.717) is 32.0 Å². The Morgan fingerprint density at radius 1 is 1.47 bits per heavy atom. The van der Waals surface area contributed by atoms with Crippen LogP contribution in [-0.2, 0) is 19.6 Å². The molecular formula is C12H24N2O4S. The number of hydrogen-bond donors (Lipinski definition) is 1. The number of carbonyl (C=O) groups is 1. The van der Waals surface area contributed by atoms with Crippen LogP contribution < -0.4 is 5.73 Å². The SMILES string of the molecule is COC(=O)CCCS(=O)(=O)N1CCC(C)C(CN)C1. The number of nitrogens with two attached hydrogens (primary N) is 1. The van der Waals surface area contributed by atoms with E-state index in [1.807, 2.05) is 0 Å². The third-order valence-electron chi connectivity index (χ3n) is 3.78. The van der Waals surface area contributed by atoms with E-state index >= 15 is 0 Å². The van der Waals surface area contributed by atoms with Crippen molar-refractivity contribution in [2.24, 2.45) is 17.6 Å². The second-order valence-corrected chi connectivity index (χ2v) is 7.20. The maximum absolute atomic E-state index is 12.2. The molecule has 0 radical (unpaired) electrons. The van der Waals surface area contributed by atoms with Crippen LogP contribution in [0.3, 0.4) is 0 Å². The number of rotatable bonds is 6. The number of sulfonamides is 1. The predicted molar refractivity (Wildman–Crippen MR) is 72.9 cm³/mol. The number of methoxy groups -OCH3 is 1. The lowest BCUT2D eigenvalue weighted by Crippen LogP contribution is -2.46. The molecule has 6 nitrogen and oxygen atoms in total. The molecular weight excluding hydrogens is 268 g/mol. The average molecular weight is 292 g/mol. The Kier molecular flexibility index (Phi) is 6.22. The third kappa shape index (κ3) is 4.74. The molecule has 7 heteroatoms. The molecule has 0 spiro atoms. The van der Waals surface area contributed by atoms with Gasteiger partial charge in [-0.05, 0) is 31.2 Å². The lowest BCUT2D eigenvalue weighted by Gasteiger charge is -2.35. The maximum Gasteiger partial charge on any atom is 0.305 e. The van der Waals surface area contributed by atoms with Gasteiger partial charge in [-0.3, -0.25) is 4.79 Å². The Hall–Kier alpha value is -0.660. The summed E-state index contributed by atoms with van der Waals surface area (Å²) >= 11 is 0. The van der Waals surface area contributed by atoms with E-state index < -0.39 is 10.0 Å². The van der Waals surface area contributed by atoms with Crippen molar-refractivity contribution in [1.82, 2.24) is 4.31 Å². The third-order valence-corrected chi connectivity index (χ3v) is 5.71. The quantitative estimate of drug-likeness (QED) is 0.706. The summed E-state index contributed by atoms with van der Waals surface area (Å²) in [7, 11) is -1.98.